The normalized spacial score (nSPS) is 12.8. The lowest BCUT2D eigenvalue weighted by molar-refractivity contribution is 0.422. The zero-order valence-electron chi connectivity index (χ0n) is 8.87. The van der Waals surface area contributed by atoms with Gasteiger partial charge in [-0.05, 0) is 47.5 Å². The lowest BCUT2D eigenvalue weighted by Gasteiger charge is -1.99. The maximum atomic E-state index is 5.87. The van der Waals surface area contributed by atoms with Crippen molar-refractivity contribution in [3.05, 3.63) is 34.1 Å². The Labute approximate surface area is 107 Å². The highest BCUT2D eigenvalue weighted by Gasteiger charge is 2.14. The average Bonchev–Trinajstić information content (AvgIpc) is 2.66. The van der Waals surface area contributed by atoms with Crippen LogP contribution in [0.1, 0.15) is 23.7 Å². The number of aromatic nitrogens is 2. The molecule has 5 heteroatoms. The van der Waals surface area contributed by atoms with Crippen LogP contribution in [0.2, 0.25) is 0 Å². The number of hydrogen-bond donors (Lipinski definition) is 0. The minimum Gasteiger partial charge on any atom is -0.334 e. The number of benzene rings is 1. The lowest BCUT2D eigenvalue weighted by atomic mass is 10.1. The second-order valence-electron chi connectivity index (χ2n) is 3.56. The number of rotatable bonds is 2. The summed E-state index contributed by atoms with van der Waals surface area (Å²) in [5.41, 5.74) is 2.04. The third-order valence-corrected chi connectivity index (χ3v) is 3.00. The van der Waals surface area contributed by atoms with Gasteiger partial charge in [-0.3, -0.25) is 0 Å². The number of nitrogens with zero attached hydrogens (tertiary/aromatic N) is 2. The SMILES string of the molecule is Cc1ccc(-c2nc(C(C)Cl)no2)c(Br)c1. The molecule has 1 atom stereocenters. The molecule has 0 fully saturated rings. The third-order valence-electron chi connectivity index (χ3n) is 2.15. The molecule has 0 N–H and O–H groups in total. The summed E-state index contributed by atoms with van der Waals surface area (Å²) in [5.74, 6) is 0.985. The molecular weight excluding hydrogens is 291 g/mol. The molecule has 3 nitrogen and oxygen atoms in total. The van der Waals surface area contributed by atoms with Gasteiger partial charge in [-0.15, -0.1) is 11.6 Å². The van der Waals surface area contributed by atoms with Crippen LogP contribution in [0.15, 0.2) is 27.2 Å². The summed E-state index contributed by atoms with van der Waals surface area (Å²) >= 11 is 9.34. The van der Waals surface area contributed by atoms with Crippen LogP contribution in [0.3, 0.4) is 0 Å². The van der Waals surface area contributed by atoms with Crippen LogP contribution in [0, 0.1) is 6.92 Å². The molecule has 1 unspecified atom stereocenters. The van der Waals surface area contributed by atoms with Gasteiger partial charge in [0.25, 0.3) is 5.89 Å². The summed E-state index contributed by atoms with van der Waals surface area (Å²) < 4.78 is 6.09. The molecule has 0 aliphatic heterocycles. The summed E-state index contributed by atoms with van der Waals surface area (Å²) in [7, 11) is 0. The molecule has 0 amide bonds. The fraction of sp³-hybridized carbons (Fsp3) is 0.273. The van der Waals surface area contributed by atoms with E-state index in [1.54, 1.807) is 6.92 Å². The molecule has 0 radical (unpaired) electrons. The van der Waals surface area contributed by atoms with Crippen molar-refractivity contribution in [2.24, 2.45) is 0 Å². The maximum Gasteiger partial charge on any atom is 0.259 e. The Morgan fingerprint density at radius 3 is 2.75 bits per heavy atom. The predicted octanol–water partition coefficient (Wildman–Crippen LogP) is 4.11. The highest BCUT2D eigenvalue weighted by Crippen LogP contribution is 2.29. The zero-order chi connectivity index (χ0) is 11.7. The number of halogens is 2. The zero-order valence-corrected chi connectivity index (χ0v) is 11.2. The number of hydrogen-bond acceptors (Lipinski definition) is 3. The molecule has 1 aromatic carbocycles. The van der Waals surface area contributed by atoms with Gasteiger partial charge >= 0.3 is 0 Å². The summed E-state index contributed by atoms with van der Waals surface area (Å²) in [4.78, 5) is 4.23. The lowest BCUT2D eigenvalue weighted by Crippen LogP contribution is -1.87. The molecule has 84 valence electrons. The topological polar surface area (TPSA) is 38.9 Å². The van der Waals surface area contributed by atoms with Crippen LogP contribution < -0.4 is 0 Å². The molecule has 2 aromatic rings. The van der Waals surface area contributed by atoms with Gasteiger partial charge in [-0.2, -0.15) is 4.98 Å². The van der Waals surface area contributed by atoms with Crippen molar-refractivity contribution in [2.45, 2.75) is 19.2 Å². The largest absolute Gasteiger partial charge is 0.334 e. The van der Waals surface area contributed by atoms with Gasteiger partial charge < -0.3 is 4.52 Å². The summed E-state index contributed by atoms with van der Waals surface area (Å²) in [6.07, 6.45) is 0. The van der Waals surface area contributed by atoms with Gasteiger partial charge in [0.15, 0.2) is 5.82 Å². The van der Waals surface area contributed by atoms with Crippen LogP contribution in [0.25, 0.3) is 11.5 Å². The van der Waals surface area contributed by atoms with E-state index in [1.165, 1.54) is 5.56 Å². The Balaban J connectivity index is 2.42. The first-order chi connectivity index (χ1) is 7.58. The second-order valence-corrected chi connectivity index (χ2v) is 5.07. The fourth-order valence-electron chi connectivity index (χ4n) is 1.30. The molecule has 2 rings (SSSR count). The highest BCUT2D eigenvalue weighted by molar-refractivity contribution is 9.10. The molecule has 1 aromatic heterocycles. The van der Waals surface area contributed by atoms with Gasteiger partial charge in [0.2, 0.25) is 0 Å². The summed E-state index contributed by atoms with van der Waals surface area (Å²) in [6, 6.07) is 5.94. The Bertz CT molecular complexity index is 510. The van der Waals surface area contributed by atoms with E-state index in [2.05, 4.69) is 26.1 Å². The van der Waals surface area contributed by atoms with Gasteiger partial charge in [0.05, 0.1) is 10.9 Å². The smallest absolute Gasteiger partial charge is 0.259 e. The molecular formula is C11H10BrClN2O. The van der Waals surface area contributed by atoms with Gasteiger partial charge in [-0.1, -0.05) is 11.2 Å². The second kappa shape index (κ2) is 4.55. The third kappa shape index (κ3) is 2.28. The standard InChI is InChI=1S/C11H10BrClN2O/c1-6-3-4-8(9(12)5-6)11-14-10(7(2)13)15-16-11/h3-5,7H,1-2H3. The Kier molecular flexibility index (Phi) is 3.30. The minimum atomic E-state index is -0.248. The van der Waals surface area contributed by atoms with Crippen LogP contribution in [-0.4, -0.2) is 10.1 Å². The molecule has 0 saturated carbocycles. The highest BCUT2D eigenvalue weighted by atomic mass is 79.9. The first kappa shape index (κ1) is 11.6. The number of aryl methyl sites for hydroxylation is 1. The monoisotopic (exact) mass is 300 g/mol. The van der Waals surface area contributed by atoms with E-state index in [1.807, 2.05) is 25.1 Å². The van der Waals surface area contributed by atoms with Crippen molar-refractivity contribution in [1.82, 2.24) is 10.1 Å². The van der Waals surface area contributed by atoms with E-state index >= 15 is 0 Å². The van der Waals surface area contributed by atoms with Crippen LogP contribution in [-0.2, 0) is 0 Å². The fourth-order valence-corrected chi connectivity index (χ4v) is 2.05. The van der Waals surface area contributed by atoms with Crippen LogP contribution in [0.4, 0.5) is 0 Å². The van der Waals surface area contributed by atoms with Crippen molar-refractivity contribution in [3.8, 4) is 11.5 Å². The Morgan fingerprint density at radius 1 is 1.44 bits per heavy atom. The number of alkyl halides is 1. The van der Waals surface area contributed by atoms with E-state index < -0.39 is 0 Å². The van der Waals surface area contributed by atoms with Gasteiger partial charge in [-0.25, -0.2) is 0 Å². The first-order valence-electron chi connectivity index (χ1n) is 4.82. The average molecular weight is 302 g/mol. The minimum absolute atomic E-state index is 0.248. The Hall–Kier alpha value is -0.870. The molecule has 16 heavy (non-hydrogen) atoms. The van der Waals surface area contributed by atoms with Crippen molar-refractivity contribution < 1.29 is 4.52 Å². The maximum absolute atomic E-state index is 5.87. The van der Waals surface area contributed by atoms with Crippen molar-refractivity contribution in [2.75, 3.05) is 0 Å². The first-order valence-corrected chi connectivity index (χ1v) is 6.05. The van der Waals surface area contributed by atoms with Crippen LogP contribution in [0.5, 0.6) is 0 Å². The van der Waals surface area contributed by atoms with Gasteiger partial charge in [0, 0.05) is 4.47 Å². The van der Waals surface area contributed by atoms with Crippen molar-refractivity contribution in [1.29, 1.82) is 0 Å². The molecule has 0 bridgehead atoms. The van der Waals surface area contributed by atoms with E-state index in [-0.39, 0.29) is 5.38 Å². The quantitative estimate of drug-likeness (QED) is 0.784. The van der Waals surface area contributed by atoms with E-state index in [0.717, 1.165) is 10.0 Å². The molecule has 0 saturated heterocycles. The van der Waals surface area contributed by atoms with Gasteiger partial charge in [0.1, 0.15) is 0 Å². The van der Waals surface area contributed by atoms with E-state index in [4.69, 9.17) is 16.1 Å². The molecule has 0 aliphatic rings. The van der Waals surface area contributed by atoms with E-state index in [9.17, 15) is 0 Å². The van der Waals surface area contributed by atoms with Crippen molar-refractivity contribution >= 4 is 27.5 Å². The molecule has 1 heterocycles. The van der Waals surface area contributed by atoms with E-state index in [0.29, 0.717) is 11.7 Å². The molecule has 0 spiro atoms. The molecule has 0 aliphatic carbocycles. The predicted molar refractivity (Wildman–Crippen MR) is 66.4 cm³/mol. The Morgan fingerprint density at radius 2 is 2.19 bits per heavy atom. The summed E-state index contributed by atoms with van der Waals surface area (Å²) in [6.45, 7) is 3.83. The van der Waals surface area contributed by atoms with Crippen molar-refractivity contribution in [3.63, 3.8) is 0 Å². The summed E-state index contributed by atoms with van der Waals surface area (Å²) in [5, 5.41) is 3.57. The van der Waals surface area contributed by atoms with Crippen LogP contribution >= 0.6 is 27.5 Å².